The molecule has 0 aliphatic carbocycles. The van der Waals surface area contributed by atoms with Gasteiger partial charge in [0, 0.05) is 11.3 Å². The first-order chi connectivity index (χ1) is 11.9. The maximum atomic E-state index is 12.4. The molecule has 0 atom stereocenters. The van der Waals surface area contributed by atoms with Gasteiger partial charge in [-0.25, -0.2) is 0 Å². The van der Waals surface area contributed by atoms with Crippen LogP contribution in [0.3, 0.4) is 0 Å². The van der Waals surface area contributed by atoms with E-state index in [-0.39, 0.29) is 10.8 Å². The molecule has 126 valence electrons. The Morgan fingerprint density at radius 1 is 1.08 bits per heavy atom. The highest BCUT2D eigenvalue weighted by molar-refractivity contribution is 8.18. The summed E-state index contributed by atoms with van der Waals surface area (Å²) < 4.78 is 0. The van der Waals surface area contributed by atoms with Crippen LogP contribution in [0.5, 0.6) is 0 Å². The normalized spacial score (nSPS) is 15.4. The molecule has 2 N–H and O–H groups in total. The van der Waals surface area contributed by atoms with Crippen molar-refractivity contribution in [3.05, 3.63) is 68.5 Å². The molecule has 0 unspecified atom stereocenters. The summed E-state index contributed by atoms with van der Waals surface area (Å²) in [7, 11) is 0. The Hall–Kier alpha value is -2.28. The van der Waals surface area contributed by atoms with Gasteiger partial charge in [-0.15, -0.1) is 0 Å². The summed E-state index contributed by atoms with van der Waals surface area (Å²) in [5, 5.41) is 5.23. The van der Waals surface area contributed by atoms with E-state index in [0.29, 0.717) is 26.9 Å². The molecule has 1 heterocycles. The lowest BCUT2D eigenvalue weighted by molar-refractivity contribution is -0.115. The lowest BCUT2D eigenvalue weighted by atomic mass is 10.1. The maximum Gasteiger partial charge on any atom is 0.290 e. The van der Waals surface area contributed by atoms with Crippen molar-refractivity contribution in [2.24, 2.45) is 0 Å². The van der Waals surface area contributed by atoms with Crippen LogP contribution in [-0.4, -0.2) is 17.1 Å². The topological polar surface area (TPSA) is 75.3 Å². The van der Waals surface area contributed by atoms with Crippen LogP contribution in [0.25, 0.3) is 6.08 Å². The molecular weight excluding hydrogens is 383 g/mol. The van der Waals surface area contributed by atoms with Gasteiger partial charge in [-0.2, -0.15) is 0 Å². The van der Waals surface area contributed by atoms with Gasteiger partial charge in [-0.05, 0) is 53.7 Å². The molecule has 1 fully saturated rings. The minimum atomic E-state index is -0.444. The van der Waals surface area contributed by atoms with Crippen molar-refractivity contribution >= 4 is 63.8 Å². The molecule has 3 amide bonds. The second-order valence-electron chi connectivity index (χ2n) is 5.06. The van der Waals surface area contributed by atoms with E-state index in [4.69, 9.17) is 23.2 Å². The Labute approximate surface area is 157 Å². The van der Waals surface area contributed by atoms with E-state index in [1.165, 1.54) is 0 Å². The van der Waals surface area contributed by atoms with E-state index in [9.17, 15) is 14.4 Å². The number of hydrogen-bond acceptors (Lipinski definition) is 4. The molecule has 3 rings (SSSR count). The van der Waals surface area contributed by atoms with Gasteiger partial charge in [-0.1, -0.05) is 35.3 Å². The van der Waals surface area contributed by atoms with Crippen molar-refractivity contribution in [1.82, 2.24) is 5.32 Å². The van der Waals surface area contributed by atoms with E-state index in [1.807, 2.05) is 0 Å². The molecule has 0 bridgehead atoms. The molecule has 0 aromatic heterocycles. The van der Waals surface area contributed by atoms with Crippen molar-refractivity contribution in [2.75, 3.05) is 5.32 Å². The van der Waals surface area contributed by atoms with Gasteiger partial charge in [0.05, 0.1) is 15.0 Å². The Kier molecular flexibility index (Phi) is 5.13. The third-order valence-corrected chi connectivity index (χ3v) is 4.82. The summed E-state index contributed by atoms with van der Waals surface area (Å²) in [6.45, 7) is 0. The molecule has 2 aromatic rings. The van der Waals surface area contributed by atoms with E-state index < -0.39 is 11.1 Å². The van der Waals surface area contributed by atoms with Crippen LogP contribution in [0.15, 0.2) is 47.4 Å². The van der Waals surface area contributed by atoms with Crippen molar-refractivity contribution in [3.63, 3.8) is 0 Å². The number of amides is 3. The number of halogens is 2. The summed E-state index contributed by atoms with van der Waals surface area (Å²) in [5.74, 6) is -0.779. The molecule has 0 spiro atoms. The Balaban J connectivity index is 1.80. The van der Waals surface area contributed by atoms with Crippen LogP contribution < -0.4 is 10.6 Å². The van der Waals surface area contributed by atoms with Crippen LogP contribution in [0.2, 0.25) is 10.0 Å². The van der Waals surface area contributed by atoms with Crippen molar-refractivity contribution < 1.29 is 14.4 Å². The molecule has 1 saturated heterocycles. The minimum Gasteiger partial charge on any atom is -0.322 e. The van der Waals surface area contributed by atoms with Gasteiger partial charge in [0.2, 0.25) is 0 Å². The number of benzene rings is 2. The van der Waals surface area contributed by atoms with Gasteiger partial charge in [-0.3, -0.25) is 19.7 Å². The fraction of sp³-hybridized carbons (Fsp3) is 0. The number of carbonyl (C=O) groups excluding carboxylic acids is 3. The number of imide groups is 1. The van der Waals surface area contributed by atoms with E-state index in [0.717, 1.165) is 11.8 Å². The average Bonchev–Trinajstić information content (AvgIpc) is 2.88. The maximum absolute atomic E-state index is 12.4. The largest absolute Gasteiger partial charge is 0.322 e. The highest BCUT2D eigenvalue weighted by Gasteiger charge is 2.24. The minimum absolute atomic E-state index is 0.284. The third-order valence-electron chi connectivity index (χ3n) is 3.27. The fourth-order valence-electron chi connectivity index (χ4n) is 2.12. The monoisotopic (exact) mass is 392 g/mol. The molecule has 8 heteroatoms. The Morgan fingerprint density at radius 2 is 1.88 bits per heavy atom. The summed E-state index contributed by atoms with van der Waals surface area (Å²) >= 11 is 12.6. The van der Waals surface area contributed by atoms with Crippen LogP contribution in [0.1, 0.15) is 15.9 Å². The lowest BCUT2D eigenvalue weighted by Gasteiger charge is -2.07. The fourth-order valence-corrected chi connectivity index (χ4v) is 3.10. The number of carbonyl (C=O) groups is 3. The second-order valence-corrected chi connectivity index (χ2v) is 6.89. The highest BCUT2D eigenvalue weighted by atomic mass is 35.5. The third kappa shape index (κ3) is 4.22. The molecule has 0 saturated carbocycles. The van der Waals surface area contributed by atoms with E-state index >= 15 is 0 Å². The summed E-state index contributed by atoms with van der Waals surface area (Å²) in [5.41, 5.74) is 1.55. The summed E-state index contributed by atoms with van der Waals surface area (Å²) in [4.78, 5) is 35.4. The van der Waals surface area contributed by atoms with Crippen LogP contribution in [-0.2, 0) is 4.79 Å². The van der Waals surface area contributed by atoms with Gasteiger partial charge < -0.3 is 5.32 Å². The van der Waals surface area contributed by atoms with Crippen LogP contribution >= 0.6 is 35.0 Å². The molecule has 25 heavy (non-hydrogen) atoms. The summed E-state index contributed by atoms with van der Waals surface area (Å²) in [6.07, 6.45) is 1.56. The standard InChI is InChI=1S/C17H10Cl2N2O3S/c18-12-5-4-11(8-13(12)19)20-15(22)10-3-1-2-9(6-10)7-14-16(23)21-17(24)25-14/h1-8H,(H,20,22)(H,21,23,24)/b14-7-. The SMILES string of the molecule is O=C1NC(=O)/C(=C/c2cccc(C(=O)Nc3ccc(Cl)c(Cl)c3)c2)S1. The highest BCUT2D eigenvalue weighted by Crippen LogP contribution is 2.27. The van der Waals surface area contributed by atoms with Gasteiger partial charge in [0.25, 0.3) is 17.1 Å². The van der Waals surface area contributed by atoms with Crippen LogP contribution in [0, 0.1) is 0 Å². The predicted octanol–water partition coefficient (Wildman–Crippen LogP) is 4.57. The smallest absolute Gasteiger partial charge is 0.290 e. The number of rotatable bonds is 3. The zero-order chi connectivity index (χ0) is 18.0. The van der Waals surface area contributed by atoms with E-state index in [2.05, 4.69) is 10.6 Å². The molecule has 2 aromatic carbocycles. The van der Waals surface area contributed by atoms with Gasteiger partial charge in [0.15, 0.2) is 0 Å². The number of thioether (sulfide) groups is 1. The quantitative estimate of drug-likeness (QED) is 0.750. The first-order valence-corrected chi connectivity index (χ1v) is 8.61. The molecule has 0 radical (unpaired) electrons. The summed E-state index contributed by atoms with van der Waals surface area (Å²) in [6, 6.07) is 11.5. The van der Waals surface area contributed by atoms with Crippen molar-refractivity contribution in [1.29, 1.82) is 0 Å². The van der Waals surface area contributed by atoms with Crippen molar-refractivity contribution in [2.45, 2.75) is 0 Å². The molecule has 1 aliphatic heterocycles. The van der Waals surface area contributed by atoms with Crippen LogP contribution in [0.4, 0.5) is 10.5 Å². The second kappa shape index (κ2) is 7.31. The Morgan fingerprint density at radius 3 is 2.56 bits per heavy atom. The van der Waals surface area contributed by atoms with E-state index in [1.54, 1.807) is 48.5 Å². The number of hydrogen-bond donors (Lipinski definition) is 2. The van der Waals surface area contributed by atoms with Crippen molar-refractivity contribution in [3.8, 4) is 0 Å². The molecule has 5 nitrogen and oxygen atoms in total. The molecular formula is C17H10Cl2N2O3S. The average molecular weight is 393 g/mol. The predicted molar refractivity (Wildman–Crippen MR) is 100.0 cm³/mol. The Bertz CT molecular complexity index is 928. The molecule has 1 aliphatic rings. The van der Waals surface area contributed by atoms with Gasteiger partial charge in [0.1, 0.15) is 0 Å². The zero-order valence-corrected chi connectivity index (χ0v) is 14.8. The first kappa shape index (κ1) is 17.5. The first-order valence-electron chi connectivity index (χ1n) is 7.04. The zero-order valence-electron chi connectivity index (χ0n) is 12.5. The van der Waals surface area contributed by atoms with Gasteiger partial charge >= 0.3 is 0 Å². The number of anilines is 1. The number of nitrogens with one attached hydrogen (secondary N) is 2. The lowest BCUT2D eigenvalue weighted by Crippen LogP contribution is -2.17.